The van der Waals surface area contributed by atoms with E-state index < -0.39 is 0 Å². The smallest absolute Gasteiger partial charge is 0.164 e. The number of aryl methyl sites for hydroxylation is 1. The van der Waals surface area contributed by atoms with Crippen molar-refractivity contribution in [2.24, 2.45) is 7.05 Å². The predicted molar refractivity (Wildman–Crippen MR) is 76.5 cm³/mol. The Hall–Kier alpha value is -1.88. The molecule has 2 heterocycles. The zero-order valence-electron chi connectivity index (χ0n) is 12.0. The van der Waals surface area contributed by atoms with Crippen molar-refractivity contribution in [2.75, 3.05) is 6.61 Å². The largest absolute Gasteiger partial charge is 0.493 e. The first-order valence-corrected chi connectivity index (χ1v) is 7.10. The molecule has 5 nitrogen and oxygen atoms in total. The molecule has 0 saturated heterocycles. The maximum Gasteiger partial charge on any atom is 0.164 e. The number of rotatable bonds is 5. The number of benzene rings is 1. The van der Waals surface area contributed by atoms with E-state index in [1.54, 1.807) is 11.0 Å². The highest BCUT2D eigenvalue weighted by Gasteiger charge is 2.16. The molecule has 0 amide bonds. The Morgan fingerprint density at radius 2 is 2.35 bits per heavy atom. The Bertz CT molecular complexity index is 593. The molecule has 0 aliphatic carbocycles. The summed E-state index contributed by atoms with van der Waals surface area (Å²) in [6.45, 7) is 3.68. The van der Waals surface area contributed by atoms with E-state index in [1.807, 2.05) is 7.05 Å². The fourth-order valence-corrected chi connectivity index (χ4v) is 2.60. The molecule has 1 aliphatic heterocycles. The molecule has 2 aromatic rings. The van der Waals surface area contributed by atoms with Crippen molar-refractivity contribution in [3.05, 3.63) is 41.5 Å². The molecule has 1 atom stereocenters. The number of fused-ring (bicyclic) bond motifs is 1. The lowest BCUT2D eigenvalue weighted by molar-refractivity contribution is 0.356. The highest BCUT2D eigenvalue weighted by Crippen LogP contribution is 2.29. The van der Waals surface area contributed by atoms with Gasteiger partial charge in [0.25, 0.3) is 0 Å². The summed E-state index contributed by atoms with van der Waals surface area (Å²) in [5.74, 6) is 1.87. The van der Waals surface area contributed by atoms with Crippen LogP contribution < -0.4 is 10.1 Å². The molecule has 0 bridgehead atoms. The molecule has 3 rings (SSSR count). The van der Waals surface area contributed by atoms with Gasteiger partial charge in [-0.15, -0.1) is 0 Å². The van der Waals surface area contributed by atoms with E-state index in [9.17, 15) is 0 Å². The van der Waals surface area contributed by atoms with Crippen LogP contribution in [0.1, 0.15) is 36.3 Å². The van der Waals surface area contributed by atoms with Crippen molar-refractivity contribution in [3.8, 4) is 5.75 Å². The third kappa shape index (κ3) is 2.67. The summed E-state index contributed by atoms with van der Waals surface area (Å²) in [5, 5.41) is 7.82. The Kier molecular flexibility index (Phi) is 3.69. The normalized spacial score (nSPS) is 14.9. The molecule has 5 heteroatoms. The van der Waals surface area contributed by atoms with Crippen molar-refractivity contribution in [2.45, 2.75) is 32.4 Å². The number of hydrogen-bond acceptors (Lipinski definition) is 4. The van der Waals surface area contributed by atoms with Gasteiger partial charge in [-0.05, 0) is 23.6 Å². The maximum absolute atomic E-state index is 5.56. The van der Waals surface area contributed by atoms with Gasteiger partial charge in [-0.2, -0.15) is 5.10 Å². The van der Waals surface area contributed by atoms with E-state index in [4.69, 9.17) is 4.74 Å². The average Bonchev–Trinajstić information content (AvgIpc) is 3.07. The summed E-state index contributed by atoms with van der Waals surface area (Å²) in [6.07, 6.45) is 3.78. The minimum atomic E-state index is 0.324. The van der Waals surface area contributed by atoms with Crippen LogP contribution in [0, 0.1) is 0 Å². The van der Waals surface area contributed by atoms with E-state index in [-0.39, 0.29) is 0 Å². The van der Waals surface area contributed by atoms with Crippen LogP contribution in [-0.2, 0) is 20.0 Å². The zero-order chi connectivity index (χ0) is 13.9. The fourth-order valence-electron chi connectivity index (χ4n) is 2.60. The lowest BCUT2D eigenvalue weighted by Crippen LogP contribution is -2.21. The van der Waals surface area contributed by atoms with Gasteiger partial charge in [-0.25, -0.2) is 4.98 Å². The number of hydrogen-bond donors (Lipinski definition) is 1. The minimum Gasteiger partial charge on any atom is -0.493 e. The lowest BCUT2D eigenvalue weighted by atomic mass is 10.0. The molecular weight excluding hydrogens is 252 g/mol. The first kappa shape index (κ1) is 13.1. The highest BCUT2D eigenvalue weighted by atomic mass is 16.5. The van der Waals surface area contributed by atoms with Crippen molar-refractivity contribution < 1.29 is 4.74 Å². The summed E-state index contributed by atoms with van der Waals surface area (Å²) in [6, 6.07) is 6.82. The van der Waals surface area contributed by atoms with E-state index in [0.29, 0.717) is 12.6 Å². The van der Waals surface area contributed by atoms with Crippen LogP contribution in [0.5, 0.6) is 5.75 Å². The van der Waals surface area contributed by atoms with E-state index in [0.717, 1.165) is 31.0 Å². The standard InChI is InChI=1S/C15H20N4O/c1-3-13(16-9-15-17-10-19(2)18-15)11-4-5-14-12(8-11)6-7-20-14/h4-5,8,10,13,16H,3,6-7,9H2,1-2H3. The molecule has 1 aromatic heterocycles. The molecule has 1 unspecified atom stereocenters. The van der Waals surface area contributed by atoms with Crippen LogP contribution in [0.25, 0.3) is 0 Å². The van der Waals surface area contributed by atoms with Crippen LogP contribution >= 0.6 is 0 Å². The Labute approximate surface area is 119 Å². The highest BCUT2D eigenvalue weighted by molar-refractivity contribution is 5.40. The number of nitrogens with zero attached hydrogens (tertiary/aromatic N) is 3. The molecule has 0 spiro atoms. The third-order valence-electron chi connectivity index (χ3n) is 3.68. The monoisotopic (exact) mass is 272 g/mol. The first-order valence-electron chi connectivity index (χ1n) is 7.10. The van der Waals surface area contributed by atoms with Gasteiger partial charge in [0.05, 0.1) is 13.2 Å². The second kappa shape index (κ2) is 5.63. The quantitative estimate of drug-likeness (QED) is 0.904. The van der Waals surface area contributed by atoms with Crippen molar-refractivity contribution in [1.82, 2.24) is 20.1 Å². The number of aromatic nitrogens is 3. The Morgan fingerprint density at radius 1 is 1.45 bits per heavy atom. The Balaban J connectivity index is 1.69. The average molecular weight is 272 g/mol. The van der Waals surface area contributed by atoms with Crippen molar-refractivity contribution >= 4 is 0 Å². The number of ether oxygens (including phenoxy) is 1. The van der Waals surface area contributed by atoms with E-state index in [1.165, 1.54) is 11.1 Å². The third-order valence-corrected chi connectivity index (χ3v) is 3.68. The van der Waals surface area contributed by atoms with Gasteiger partial charge in [0.15, 0.2) is 5.82 Å². The van der Waals surface area contributed by atoms with Crippen LogP contribution in [0.2, 0.25) is 0 Å². The van der Waals surface area contributed by atoms with Gasteiger partial charge in [0.2, 0.25) is 0 Å². The summed E-state index contributed by atoms with van der Waals surface area (Å²) in [4.78, 5) is 4.24. The minimum absolute atomic E-state index is 0.324. The van der Waals surface area contributed by atoms with Gasteiger partial charge in [-0.3, -0.25) is 4.68 Å². The topological polar surface area (TPSA) is 52.0 Å². The van der Waals surface area contributed by atoms with E-state index in [2.05, 4.69) is 40.5 Å². The molecule has 1 aromatic carbocycles. The summed E-state index contributed by atoms with van der Waals surface area (Å²) in [5.41, 5.74) is 2.63. The summed E-state index contributed by atoms with van der Waals surface area (Å²) >= 11 is 0. The first-order chi connectivity index (χ1) is 9.76. The summed E-state index contributed by atoms with van der Waals surface area (Å²) in [7, 11) is 1.88. The maximum atomic E-state index is 5.56. The van der Waals surface area contributed by atoms with Gasteiger partial charge < -0.3 is 10.1 Å². The SMILES string of the molecule is CCC(NCc1ncn(C)n1)c1ccc2c(c1)CCO2. The molecule has 0 fully saturated rings. The van der Waals surface area contributed by atoms with Gasteiger partial charge >= 0.3 is 0 Å². The fraction of sp³-hybridized carbons (Fsp3) is 0.467. The van der Waals surface area contributed by atoms with Crippen LogP contribution in [0.4, 0.5) is 0 Å². The van der Waals surface area contributed by atoms with Gasteiger partial charge in [-0.1, -0.05) is 19.1 Å². The second-order valence-electron chi connectivity index (χ2n) is 5.14. The van der Waals surface area contributed by atoms with Gasteiger partial charge in [0.1, 0.15) is 12.1 Å². The zero-order valence-corrected chi connectivity index (χ0v) is 12.0. The van der Waals surface area contributed by atoms with Crippen molar-refractivity contribution in [3.63, 3.8) is 0 Å². The van der Waals surface area contributed by atoms with Crippen LogP contribution in [0.3, 0.4) is 0 Å². The lowest BCUT2D eigenvalue weighted by Gasteiger charge is -2.17. The molecule has 20 heavy (non-hydrogen) atoms. The van der Waals surface area contributed by atoms with Crippen LogP contribution in [-0.4, -0.2) is 21.4 Å². The molecule has 106 valence electrons. The molecule has 1 aliphatic rings. The second-order valence-corrected chi connectivity index (χ2v) is 5.14. The summed E-state index contributed by atoms with van der Waals surface area (Å²) < 4.78 is 7.28. The molecule has 0 radical (unpaired) electrons. The number of nitrogens with one attached hydrogen (secondary N) is 1. The molecule has 0 saturated carbocycles. The van der Waals surface area contributed by atoms with Crippen molar-refractivity contribution in [1.29, 1.82) is 0 Å². The predicted octanol–water partition coefficient (Wildman–Crippen LogP) is 1.99. The van der Waals surface area contributed by atoms with Gasteiger partial charge in [0, 0.05) is 19.5 Å². The van der Waals surface area contributed by atoms with E-state index >= 15 is 0 Å². The Morgan fingerprint density at radius 3 is 3.10 bits per heavy atom. The molecular formula is C15H20N4O. The van der Waals surface area contributed by atoms with Crippen LogP contribution in [0.15, 0.2) is 24.5 Å². The molecule has 1 N–H and O–H groups in total.